The van der Waals surface area contributed by atoms with Crippen molar-refractivity contribution >= 4 is 5.84 Å². The summed E-state index contributed by atoms with van der Waals surface area (Å²) in [5, 5.41) is 15.4. The highest BCUT2D eigenvalue weighted by atomic mass is 16.4. The van der Waals surface area contributed by atoms with Gasteiger partial charge in [-0.1, -0.05) is 55.3 Å². The third-order valence-corrected chi connectivity index (χ3v) is 4.02. The Hall–Kier alpha value is -1.55. The van der Waals surface area contributed by atoms with Crippen LogP contribution in [0.15, 0.2) is 29.4 Å². The van der Waals surface area contributed by atoms with Crippen molar-refractivity contribution in [2.45, 2.75) is 53.0 Å². The minimum atomic E-state index is -0.239. The zero-order valence-electron chi connectivity index (χ0n) is 13.7. The molecule has 1 aromatic rings. The second-order valence-corrected chi connectivity index (χ2v) is 6.42. The monoisotopic (exact) mass is 291 g/mol. The van der Waals surface area contributed by atoms with E-state index in [9.17, 15) is 0 Å². The van der Waals surface area contributed by atoms with E-state index in [0.717, 1.165) is 25.8 Å². The van der Waals surface area contributed by atoms with Crippen molar-refractivity contribution in [2.75, 3.05) is 6.54 Å². The molecule has 118 valence electrons. The van der Waals surface area contributed by atoms with E-state index >= 15 is 0 Å². The Bertz CT molecular complexity index is 469. The summed E-state index contributed by atoms with van der Waals surface area (Å²) in [5.74, 6) is 0.309. The van der Waals surface area contributed by atoms with Crippen molar-refractivity contribution in [3.05, 3.63) is 35.4 Å². The number of oxime groups is 1. The molecule has 0 heterocycles. The van der Waals surface area contributed by atoms with Crippen molar-refractivity contribution in [1.29, 1.82) is 0 Å². The summed E-state index contributed by atoms with van der Waals surface area (Å²) in [6.07, 6.45) is 3.05. The summed E-state index contributed by atoms with van der Waals surface area (Å²) < 4.78 is 0. The highest BCUT2D eigenvalue weighted by Gasteiger charge is 2.22. The first-order valence-corrected chi connectivity index (χ1v) is 7.65. The molecule has 1 rings (SSSR count). The van der Waals surface area contributed by atoms with Gasteiger partial charge in [0.15, 0.2) is 0 Å². The molecular formula is C17H29N3O. The van der Waals surface area contributed by atoms with E-state index in [0.29, 0.717) is 11.9 Å². The van der Waals surface area contributed by atoms with Gasteiger partial charge in [-0.05, 0) is 38.8 Å². The molecular weight excluding hydrogens is 262 g/mol. The molecule has 4 heteroatoms. The standard InChI is InChI=1S/C17H29N3O/c1-13-8-7-9-15(12-13)14(2)19-11-6-5-10-17(3,4)16(18)20-21/h7-9,12,14,19,21H,5-6,10-11H2,1-4H3,(H2,18,20)/t14-/m1/s1. The predicted molar refractivity (Wildman–Crippen MR) is 88.6 cm³/mol. The van der Waals surface area contributed by atoms with Crippen LogP contribution in [0.5, 0.6) is 0 Å². The van der Waals surface area contributed by atoms with Crippen molar-refractivity contribution < 1.29 is 5.21 Å². The summed E-state index contributed by atoms with van der Waals surface area (Å²) in [7, 11) is 0. The number of benzene rings is 1. The van der Waals surface area contributed by atoms with Gasteiger partial charge in [-0.2, -0.15) is 0 Å². The Kier molecular flexibility index (Phi) is 6.69. The minimum absolute atomic E-state index is 0.239. The summed E-state index contributed by atoms with van der Waals surface area (Å²) in [6.45, 7) is 9.29. The van der Waals surface area contributed by atoms with Crippen molar-refractivity contribution in [3.8, 4) is 0 Å². The second kappa shape index (κ2) is 8.03. The lowest BCUT2D eigenvalue weighted by atomic mass is 9.86. The van der Waals surface area contributed by atoms with Gasteiger partial charge in [0.25, 0.3) is 0 Å². The summed E-state index contributed by atoms with van der Waals surface area (Å²) in [5.41, 5.74) is 8.07. The first-order valence-electron chi connectivity index (χ1n) is 7.65. The van der Waals surface area contributed by atoms with Crippen LogP contribution in [0.1, 0.15) is 57.2 Å². The molecule has 0 radical (unpaired) electrons. The molecule has 1 atom stereocenters. The average molecular weight is 291 g/mol. The molecule has 4 nitrogen and oxygen atoms in total. The average Bonchev–Trinajstić information content (AvgIpc) is 2.45. The Morgan fingerprint density at radius 1 is 1.38 bits per heavy atom. The lowest BCUT2D eigenvalue weighted by Crippen LogP contribution is -2.32. The van der Waals surface area contributed by atoms with Crippen LogP contribution in [0, 0.1) is 12.3 Å². The topological polar surface area (TPSA) is 70.6 Å². The molecule has 1 aromatic carbocycles. The van der Waals surface area contributed by atoms with Gasteiger partial charge in [-0.3, -0.25) is 0 Å². The fourth-order valence-corrected chi connectivity index (χ4v) is 2.33. The number of nitrogens with zero attached hydrogens (tertiary/aromatic N) is 1. The van der Waals surface area contributed by atoms with Gasteiger partial charge in [0.2, 0.25) is 0 Å². The summed E-state index contributed by atoms with van der Waals surface area (Å²) in [6, 6.07) is 8.96. The Morgan fingerprint density at radius 3 is 2.71 bits per heavy atom. The first-order chi connectivity index (χ1) is 9.86. The number of hydrogen-bond acceptors (Lipinski definition) is 3. The quantitative estimate of drug-likeness (QED) is 0.225. The smallest absolute Gasteiger partial charge is 0.144 e. The van der Waals surface area contributed by atoms with Gasteiger partial charge in [-0.15, -0.1) is 0 Å². The maximum absolute atomic E-state index is 8.74. The summed E-state index contributed by atoms with van der Waals surface area (Å²) >= 11 is 0. The van der Waals surface area contributed by atoms with Crippen molar-refractivity contribution in [3.63, 3.8) is 0 Å². The molecule has 0 fully saturated rings. The van der Waals surface area contributed by atoms with Crippen LogP contribution in [0.3, 0.4) is 0 Å². The number of rotatable bonds is 8. The molecule has 0 aromatic heterocycles. The van der Waals surface area contributed by atoms with Gasteiger partial charge in [-0.25, -0.2) is 0 Å². The predicted octanol–water partition coefficient (Wildman–Crippen LogP) is 3.59. The van der Waals surface area contributed by atoms with E-state index in [1.807, 2.05) is 13.8 Å². The molecule has 0 aliphatic carbocycles. The first kappa shape index (κ1) is 17.5. The lowest BCUT2D eigenvalue weighted by Gasteiger charge is -2.22. The molecule has 0 saturated carbocycles. The number of hydrogen-bond donors (Lipinski definition) is 3. The van der Waals surface area contributed by atoms with E-state index < -0.39 is 0 Å². The van der Waals surface area contributed by atoms with Gasteiger partial charge in [0.1, 0.15) is 5.84 Å². The second-order valence-electron chi connectivity index (χ2n) is 6.42. The van der Waals surface area contributed by atoms with Crippen LogP contribution < -0.4 is 11.1 Å². The van der Waals surface area contributed by atoms with Crippen LogP contribution in [-0.2, 0) is 0 Å². The molecule has 0 spiro atoms. The Labute approximate surface area is 128 Å². The minimum Gasteiger partial charge on any atom is -0.409 e. The Balaban J connectivity index is 2.29. The van der Waals surface area contributed by atoms with E-state index in [2.05, 4.69) is 48.6 Å². The van der Waals surface area contributed by atoms with Crippen molar-refractivity contribution in [1.82, 2.24) is 5.32 Å². The van der Waals surface area contributed by atoms with E-state index in [-0.39, 0.29) is 5.41 Å². The summed E-state index contributed by atoms with van der Waals surface area (Å²) in [4.78, 5) is 0. The molecule has 4 N–H and O–H groups in total. The maximum Gasteiger partial charge on any atom is 0.144 e. The van der Waals surface area contributed by atoms with E-state index in [1.165, 1.54) is 11.1 Å². The van der Waals surface area contributed by atoms with Gasteiger partial charge in [0, 0.05) is 11.5 Å². The number of aryl methyl sites for hydroxylation is 1. The van der Waals surface area contributed by atoms with E-state index in [4.69, 9.17) is 10.9 Å². The van der Waals surface area contributed by atoms with E-state index in [1.54, 1.807) is 0 Å². The molecule has 21 heavy (non-hydrogen) atoms. The van der Waals surface area contributed by atoms with Crippen LogP contribution in [0.4, 0.5) is 0 Å². The third-order valence-electron chi connectivity index (χ3n) is 4.02. The normalized spacial score (nSPS) is 14.2. The van der Waals surface area contributed by atoms with Crippen molar-refractivity contribution in [2.24, 2.45) is 16.3 Å². The third kappa shape index (κ3) is 5.76. The van der Waals surface area contributed by atoms with Crippen LogP contribution in [0.25, 0.3) is 0 Å². The molecule has 0 aliphatic heterocycles. The van der Waals surface area contributed by atoms with Gasteiger partial charge in [0.05, 0.1) is 0 Å². The van der Waals surface area contributed by atoms with Gasteiger partial charge >= 0.3 is 0 Å². The maximum atomic E-state index is 8.74. The zero-order valence-corrected chi connectivity index (χ0v) is 13.7. The van der Waals surface area contributed by atoms with Crippen LogP contribution in [-0.4, -0.2) is 17.6 Å². The highest BCUT2D eigenvalue weighted by Crippen LogP contribution is 2.23. The molecule has 0 unspecified atom stereocenters. The lowest BCUT2D eigenvalue weighted by molar-refractivity contribution is 0.304. The highest BCUT2D eigenvalue weighted by molar-refractivity contribution is 5.85. The fourth-order valence-electron chi connectivity index (χ4n) is 2.33. The fraction of sp³-hybridized carbons (Fsp3) is 0.588. The Morgan fingerprint density at radius 2 is 2.10 bits per heavy atom. The van der Waals surface area contributed by atoms with Crippen LogP contribution in [0.2, 0.25) is 0 Å². The van der Waals surface area contributed by atoms with Gasteiger partial charge < -0.3 is 16.3 Å². The molecule has 0 amide bonds. The zero-order chi connectivity index (χ0) is 15.9. The number of amidine groups is 1. The van der Waals surface area contributed by atoms with Crippen LogP contribution >= 0.6 is 0 Å². The largest absolute Gasteiger partial charge is 0.409 e. The SMILES string of the molecule is Cc1cccc([C@@H](C)NCCCCC(C)(C)/C(N)=N/O)c1. The number of nitrogens with one attached hydrogen (secondary N) is 1. The molecule has 0 saturated heterocycles. The molecule has 0 aliphatic rings. The number of unbranched alkanes of at least 4 members (excludes halogenated alkanes) is 1. The molecule has 0 bridgehead atoms. The number of nitrogens with two attached hydrogens (primary N) is 1.